The van der Waals surface area contributed by atoms with Crippen LogP contribution in [-0.2, 0) is 26.6 Å². The number of hydrogen-bond acceptors (Lipinski definition) is 7. The van der Waals surface area contributed by atoms with Crippen molar-refractivity contribution in [2.45, 2.75) is 19.6 Å². The van der Waals surface area contributed by atoms with Crippen molar-refractivity contribution >= 4 is 40.5 Å². The van der Waals surface area contributed by atoms with Crippen molar-refractivity contribution in [2.75, 3.05) is 13.2 Å². The van der Waals surface area contributed by atoms with Crippen LogP contribution in [-0.4, -0.2) is 23.4 Å². The van der Waals surface area contributed by atoms with Gasteiger partial charge in [0, 0.05) is 10.6 Å². The molecule has 0 radical (unpaired) electrons. The van der Waals surface area contributed by atoms with Gasteiger partial charge in [-0.15, -0.1) is 0 Å². The third-order valence-electron chi connectivity index (χ3n) is 2.49. The summed E-state index contributed by atoms with van der Waals surface area (Å²) in [5.74, 6) is 1.47. The van der Waals surface area contributed by atoms with Crippen LogP contribution < -0.4 is 0 Å². The Balaban J connectivity index is 2.02. The first-order valence-electron chi connectivity index (χ1n) is 6.68. The fourth-order valence-electron chi connectivity index (χ4n) is 1.59. The third kappa shape index (κ3) is 5.05. The first kappa shape index (κ1) is 17.9. The predicted octanol–water partition coefficient (Wildman–Crippen LogP) is 4.92. The number of halogens is 1. The molecule has 0 N–H and O–H groups in total. The highest BCUT2D eigenvalue weighted by Gasteiger charge is 2.21. The summed E-state index contributed by atoms with van der Waals surface area (Å²) in [6, 6.07) is 7.25. The fourth-order valence-corrected chi connectivity index (χ4v) is 5.95. The maximum Gasteiger partial charge on any atom is 0.247 e. The Morgan fingerprint density at radius 3 is 2.45 bits per heavy atom. The minimum absolute atomic E-state index is 0.456. The standard InChI is InChI=1S/C13H16ClN2O3PS2/c1-3-17-20(21,18-4-2)22-9-12-15-13(16-19-12)10-5-7-11(14)8-6-10/h5-8H,3-4,9H2,1-2H3. The Morgan fingerprint density at radius 1 is 1.23 bits per heavy atom. The van der Waals surface area contributed by atoms with Crippen molar-refractivity contribution in [1.29, 1.82) is 0 Å². The van der Waals surface area contributed by atoms with Crippen LogP contribution in [0.1, 0.15) is 19.7 Å². The highest BCUT2D eigenvalue weighted by atomic mass is 35.5. The van der Waals surface area contributed by atoms with Gasteiger partial charge < -0.3 is 13.6 Å². The molecule has 5 nitrogen and oxygen atoms in total. The minimum Gasteiger partial charge on any atom is -0.338 e. The van der Waals surface area contributed by atoms with E-state index in [0.717, 1.165) is 5.56 Å². The quantitative estimate of drug-likeness (QED) is 0.604. The van der Waals surface area contributed by atoms with Crippen molar-refractivity contribution in [3.63, 3.8) is 0 Å². The molecule has 0 unspecified atom stereocenters. The zero-order valence-electron chi connectivity index (χ0n) is 12.2. The normalized spacial score (nSPS) is 11.8. The number of rotatable bonds is 8. The molecule has 1 heterocycles. The van der Waals surface area contributed by atoms with Crippen LogP contribution in [0.25, 0.3) is 11.4 Å². The van der Waals surface area contributed by atoms with Gasteiger partial charge in [0.1, 0.15) is 0 Å². The predicted molar refractivity (Wildman–Crippen MR) is 93.6 cm³/mol. The van der Waals surface area contributed by atoms with E-state index in [4.69, 9.17) is 37.0 Å². The molecule has 0 aliphatic carbocycles. The van der Waals surface area contributed by atoms with Crippen LogP contribution in [0.4, 0.5) is 0 Å². The third-order valence-corrected chi connectivity index (χ3v) is 8.13. The van der Waals surface area contributed by atoms with Crippen molar-refractivity contribution in [1.82, 2.24) is 10.1 Å². The molecule has 1 aromatic heterocycles. The molecule has 2 rings (SSSR count). The Morgan fingerprint density at radius 2 is 1.86 bits per heavy atom. The van der Waals surface area contributed by atoms with Gasteiger partial charge in [0.15, 0.2) is 0 Å². The van der Waals surface area contributed by atoms with Gasteiger partial charge in [-0.3, -0.25) is 0 Å². The lowest BCUT2D eigenvalue weighted by Gasteiger charge is -2.18. The maximum absolute atomic E-state index is 5.86. The summed E-state index contributed by atoms with van der Waals surface area (Å²) >= 11 is 12.7. The summed E-state index contributed by atoms with van der Waals surface area (Å²) in [5.41, 5.74) is -1.50. The molecule has 22 heavy (non-hydrogen) atoms. The molecular formula is C13H16ClN2O3PS2. The molecule has 0 amide bonds. The van der Waals surface area contributed by atoms with E-state index in [9.17, 15) is 0 Å². The molecule has 0 atom stereocenters. The van der Waals surface area contributed by atoms with Gasteiger partial charge in [0.05, 0.1) is 19.0 Å². The highest BCUT2D eigenvalue weighted by molar-refractivity contribution is 8.67. The van der Waals surface area contributed by atoms with Gasteiger partial charge in [-0.1, -0.05) is 28.1 Å². The number of hydrogen-bond donors (Lipinski definition) is 0. The van der Waals surface area contributed by atoms with E-state index in [1.165, 1.54) is 11.4 Å². The van der Waals surface area contributed by atoms with E-state index < -0.39 is 5.69 Å². The smallest absolute Gasteiger partial charge is 0.247 e. The summed E-state index contributed by atoms with van der Waals surface area (Å²) < 4.78 is 16.4. The summed E-state index contributed by atoms with van der Waals surface area (Å²) in [4.78, 5) is 4.35. The molecule has 2 aromatic rings. The second kappa shape index (κ2) is 8.43. The number of nitrogens with zero attached hydrogens (tertiary/aromatic N) is 2. The van der Waals surface area contributed by atoms with Gasteiger partial charge >= 0.3 is 0 Å². The molecule has 1 aromatic carbocycles. The molecule has 0 aliphatic heterocycles. The zero-order valence-corrected chi connectivity index (χ0v) is 15.5. The summed E-state index contributed by atoms with van der Waals surface area (Å²) in [6.45, 7) is 4.83. The Labute approximate surface area is 143 Å². The highest BCUT2D eigenvalue weighted by Crippen LogP contribution is 2.61. The lowest BCUT2D eigenvalue weighted by atomic mass is 10.2. The van der Waals surface area contributed by atoms with Crippen molar-refractivity contribution in [3.05, 3.63) is 35.2 Å². The molecule has 0 saturated heterocycles. The van der Waals surface area contributed by atoms with Gasteiger partial charge in [0.2, 0.25) is 17.4 Å². The van der Waals surface area contributed by atoms with Crippen LogP contribution in [0.2, 0.25) is 5.02 Å². The molecule has 0 saturated carbocycles. The molecule has 0 spiro atoms. The fraction of sp³-hybridized carbons (Fsp3) is 0.385. The number of benzene rings is 1. The topological polar surface area (TPSA) is 57.4 Å². The number of aromatic nitrogens is 2. The average Bonchev–Trinajstić information content (AvgIpc) is 2.96. The largest absolute Gasteiger partial charge is 0.338 e. The van der Waals surface area contributed by atoms with Crippen LogP contribution in [0.3, 0.4) is 0 Å². The zero-order chi connectivity index (χ0) is 16.0. The second-order valence-electron chi connectivity index (χ2n) is 4.07. The first-order valence-corrected chi connectivity index (χ1v) is 11.3. The summed E-state index contributed by atoms with van der Waals surface area (Å²) in [7, 11) is 0. The van der Waals surface area contributed by atoms with Crippen molar-refractivity contribution in [2.24, 2.45) is 0 Å². The van der Waals surface area contributed by atoms with Crippen molar-refractivity contribution < 1.29 is 13.6 Å². The molecule has 0 bridgehead atoms. The molecular weight excluding hydrogens is 363 g/mol. The van der Waals surface area contributed by atoms with E-state index in [2.05, 4.69) is 10.1 Å². The van der Waals surface area contributed by atoms with Gasteiger partial charge in [-0.2, -0.15) is 4.98 Å². The van der Waals surface area contributed by atoms with E-state index in [0.29, 0.717) is 35.7 Å². The minimum atomic E-state index is -2.35. The summed E-state index contributed by atoms with van der Waals surface area (Å²) in [6.07, 6.45) is 0. The Kier molecular flexibility index (Phi) is 6.87. The van der Waals surface area contributed by atoms with E-state index in [-0.39, 0.29) is 0 Å². The molecule has 0 fully saturated rings. The monoisotopic (exact) mass is 378 g/mol. The van der Waals surface area contributed by atoms with E-state index in [1.54, 1.807) is 12.1 Å². The first-order chi connectivity index (χ1) is 10.6. The van der Waals surface area contributed by atoms with Crippen molar-refractivity contribution in [3.8, 4) is 11.4 Å². The van der Waals surface area contributed by atoms with Crippen LogP contribution >= 0.6 is 28.7 Å². The SMILES string of the molecule is CCOP(=S)(OCC)SCc1nc(-c2ccc(Cl)cc2)no1. The second-order valence-corrected chi connectivity index (χ2v) is 10.8. The lowest BCUT2D eigenvalue weighted by molar-refractivity contribution is 0.280. The van der Waals surface area contributed by atoms with Crippen LogP contribution in [0.5, 0.6) is 0 Å². The van der Waals surface area contributed by atoms with Gasteiger partial charge in [0.25, 0.3) is 0 Å². The summed E-state index contributed by atoms with van der Waals surface area (Å²) in [5, 5.41) is 4.63. The maximum atomic E-state index is 5.86. The van der Waals surface area contributed by atoms with E-state index >= 15 is 0 Å². The van der Waals surface area contributed by atoms with E-state index in [1.807, 2.05) is 26.0 Å². The lowest BCUT2D eigenvalue weighted by Crippen LogP contribution is -1.93. The molecule has 9 heteroatoms. The Hall–Kier alpha value is -0.430. The van der Waals surface area contributed by atoms with Gasteiger partial charge in [-0.05, 0) is 49.9 Å². The molecule has 120 valence electrons. The Bertz CT molecular complexity index is 641. The van der Waals surface area contributed by atoms with Crippen LogP contribution in [0.15, 0.2) is 28.8 Å². The van der Waals surface area contributed by atoms with Crippen LogP contribution in [0, 0.1) is 0 Å². The van der Waals surface area contributed by atoms with Gasteiger partial charge in [-0.25, -0.2) is 0 Å². The average molecular weight is 379 g/mol. The molecule has 0 aliphatic rings.